The molecular weight excluding hydrogens is 400 g/mol. The highest BCUT2D eigenvalue weighted by Crippen LogP contribution is 2.30. The number of imide groups is 1. The second-order valence-electron chi connectivity index (χ2n) is 7.09. The standard InChI is InChI=1S/C19H16N10O2/c1-19(13-6-5-9-15(10-13)28-12-20-23-25-28)17(30)27(18(31)21-19)11-16-22-24-26-29(16)14-7-3-2-4-8-14/h2-10,12H,11H2,1H3,(H,21,31)/t19-/m0/s1. The van der Waals surface area contributed by atoms with Gasteiger partial charge in [0.2, 0.25) is 0 Å². The van der Waals surface area contributed by atoms with Gasteiger partial charge in [-0.25, -0.2) is 9.48 Å². The minimum Gasteiger partial charge on any atom is -0.319 e. The normalized spacial score (nSPS) is 18.4. The Balaban J connectivity index is 1.45. The van der Waals surface area contributed by atoms with Gasteiger partial charge in [0.05, 0.1) is 17.9 Å². The molecule has 0 spiro atoms. The maximum absolute atomic E-state index is 13.3. The Bertz CT molecular complexity index is 1250. The number of nitrogens with one attached hydrogen (secondary N) is 1. The van der Waals surface area contributed by atoms with Crippen LogP contribution in [0.5, 0.6) is 0 Å². The van der Waals surface area contributed by atoms with Gasteiger partial charge in [-0.1, -0.05) is 30.3 Å². The van der Waals surface area contributed by atoms with E-state index < -0.39 is 17.5 Å². The summed E-state index contributed by atoms with van der Waals surface area (Å²) in [5.74, 6) is -0.0460. The first-order chi connectivity index (χ1) is 15.1. The topological polar surface area (TPSA) is 137 Å². The zero-order valence-electron chi connectivity index (χ0n) is 16.3. The van der Waals surface area contributed by atoms with Gasteiger partial charge in [-0.2, -0.15) is 4.68 Å². The molecule has 3 heterocycles. The zero-order chi connectivity index (χ0) is 21.4. The van der Waals surface area contributed by atoms with Gasteiger partial charge in [-0.3, -0.25) is 9.69 Å². The van der Waals surface area contributed by atoms with Crippen LogP contribution in [0.2, 0.25) is 0 Å². The van der Waals surface area contributed by atoms with Gasteiger partial charge >= 0.3 is 6.03 Å². The van der Waals surface area contributed by atoms with E-state index in [9.17, 15) is 9.59 Å². The van der Waals surface area contributed by atoms with Crippen LogP contribution in [0, 0.1) is 0 Å². The van der Waals surface area contributed by atoms with Crippen molar-refractivity contribution in [3.63, 3.8) is 0 Å². The molecule has 12 heteroatoms. The lowest BCUT2D eigenvalue weighted by Gasteiger charge is -2.22. The van der Waals surface area contributed by atoms with E-state index in [0.717, 1.165) is 10.6 Å². The number of carbonyl (C=O) groups excluding carboxylic acids is 2. The monoisotopic (exact) mass is 416 g/mol. The molecule has 31 heavy (non-hydrogen) atoms. The fourth-order valence-corrected chi connectivity index (χ4v) is 3.49. The lowest BCUT2D eigenvalue weighted by Crippen LogP contribution is -2.41. The Hall–Kier alpha value is -4.48. The fourth-order valence-electron chi connectivity index (χ4n) is 3.49. The van der Waals surface area contributed by atoms with Crippen molar-refractivity contribution in [2.24, 2.45) is 0 Å². The third-order valence-electron chi connectivity index (χ3n) is 5.15. The van der Waals surface area contributed by atoms with Crippen molar-refractivity contribution in [1.29, 1.82) is 0 Å². The minimum atomic E-state index is -1.26. The smallest absolute Gasteiger partial charge is 0.319 e. The van der Waals surface area contributed by atoms with Crippen LogP contribution >= 0.6 is 0 Å². The van der Waals surface area contributed by atoms with Gasteiger partial charge in [0.1, 0.15) is 11.9 Å². The average Bonchev–Trinajstić information content (AvgIpc) is 3.53. The summed E-state index contributed by atoms with van der Waals surface area (Å²) in [4.78, 5) is 27.2. The molecule has 12 nitrogen and oxygen atoms in total. The van der Waals surface area contributed by atoms with Crippen molar-refractivity contribution >= 4 is 11.9 Å². The van der Waals surface area contributed by atoms with Crippen LogP contribution in [0.3, 0.4) is 0 Å². The molecule has 1 aliphatic heterocycles. The van der Waals surface area contributed by atoms with E-state index in [2.05, 4.69) is 36.4 Å². The molecule has 154 valence electrons. The summed E-state index contributed by atoms with van der Waals surface area (Å²) in [5.41, 5.74) is 0.735. The Kier molecular flexibility index (Phi) is 4.24. The van der Waals surface area contributed by atoms with Crippen LogP contribution in [0.1, 0.15) is 18.3 Å². The van der Waals surface area contributed by atoms with Gasteiger partial charge in [0.25, 0.3) is 5.91 Å². The first-order valence-corrected chi connectivity index (χ1v) is 9.37. The van der Waals surface area contributed by atoms with Crippen molar-refractivity contribution in [1.82, 2.24) is 50.6 Å². The molecule has 0 aliphatic carbocycles. The van der Waals surface area contributed by atoms with Crippen LogP contribution in [-0.2, 0) is 16.9 Å². The number of amides is 3. The second-order valence-corrected chi connectivity index (χ2v) is 7.09. The van der Waals surface area contributed by atoms with E-state index in [1.165, 1.54) is 15.7 Å². The summed E-state index contributed by atoms with van der Waals surface area (Å²) in [5, 5.41) is 25.6. The number of tetrazole rings is 2. The van der Waals surface area contributed by atoms with Gasteiger partial charge in [0, 0.05) is 0 Å². The molecule has 0 radical (unpaired) electrons. The Labute approximate surface area is 175 Å². The molecule has 2 aromatic carbocycles. The molecule has 0 saturated carbocycles. The molecule has 4 aromatic rings. The summed E-state index contributed by atoms with van der Waals surface area (Å²) < 4.78 is 2.97. The van der Waals surface area contributed by atoms with Crippen molar-refractivity contribution in [2.75, 3.05) is 0 Å². The molecule has 1 aliphatic rings. The molecular formula is C19H16N10O2. The number of hydrogen-bond acceptors (Lipinski definition) is 8. The Morgan fingerprint density at radius 1 is 0.968 bits per heavy atom. The van der Waals surface area contributed by atoms with E-state index in [4.69, 9.17) is 0 Å². The summed E-state index contributed by atoms with van der Waals surface area (Å²) in [7, 11) is 0. The van der Waals surface area contributed by atoms with Gasteiger partial charge < -0.3 is 5.32 Å². The first-order valence-electron chi connectivity index (χ1n) is 9.37. The summed E-state index contributed by atoms with van der Waals surface area (Å²) in [6.45, 7) is 1.58. The molecule has 3 amide bonds. The fraction of sp³-hybridized carbons (Fsp3) is 0.158. The second kappa shape index (κ2) is 7.09. The van der Waals surface area contributed by atoms with Gasteiger partial charge in [-0.15, -0.1) is 10.2 Å². The number of aromatic nitrogens is 8. The zero-order valence-corrected chi connectivity index (χ0v) is 16.3. The number of hydrogen-bond donors (Lipinski definition) is 1. The highest BCUT2D eigenvalue weighted by molar-refractivity contribution is 6.07. The predicted octanol–water partition coefficient (Wildman–Crippen LogP) is 0.605. The van der Waals surface area contributed by atoms with Gasteiger partial charge in [-0.05, 0) is 57.6 Å². The van der Waals surface area contributed by atoms with Crippen LogP contribution in [0.25, 0.3) is 11.4 Å². The molecule has 5 rings (SSSR count). The molecule has 1 atom stereocenters. The lowest BCUT2D eigenvalue weighted by atomic mass is 9.91. The number of rotatable bonds is 5. The van der Waals surface area contributed by atoms with Crippen molar-refractivity contribution in [3.05, 3.63) is 72.3 Å². The number of carbonyl (C=O) groups is 2. The highest BCUT2D eigenvalue weighted by Gasteiger charge is 2.49. The molecule has 1 fully saturated rings. The third kappa shape index (κ3) is 3.10. The van der Waals surface area contributed by atoms with Crippen LogP contribution in [-0.4, -0.2) is 57.3 Å². The van der Waals surface area contributed by atoms with Gasteiger partial charge in [0.15, 0.2) is 5.82 Å². The summed E-state index contributed by atoms with van der Waals surface area (Å²) in [6, 6.07) is 15.8. The van der Waals surface area contributed by atoms with E-state index in [1.54, 1.807) is 31.2 Å². The van der Waals surface area contributed by atoms with E-state index in [0.29, 0.717) is 17.1 Å². The number of urea groups is 1. The number of benzene rings is 2. The van der Waals surface area contributed by atoms with E-state index in [1.807, 2.05) is 30.3 Å². The van der Waals surface area contributed by atoms with Crippen LogP contribution in [0.4, 0.5) is 4.79 Å². The predicted molar refractivity (Wildman–Crippen MR) is 105 cm³/mol. The number of nitrogens with zero attached hydrogens (tertiary/aromatic N) is 9. The Morgan fingerprint density at radius 3 is 2.55 bits per heavy atom. The third-order valence-corrected chi connectivity index (χ3v) is 5.15. The Morgan fingerprint density at radius 2 is 1.77 bits per heavy atom. The van der Waals surface area contributed by atoms with Crippen molar-refractivity contribution in [3.8, 4) is 11.4 Å². The lowest BCUT2D eigenvalue weighted by molar-refractivity contribution is -0.131. The number of para-hydroxylation sites is 1. The van der Waals surface area contributed by atoms with Crippen LogP contribution < -0.4 is 5.32 Å². The quantitative estimate of drug-likeness (QED) is 0.467. The molecule has 0 unspecified atom stereocenters. The molecule has 1 N–H and O–H groups in total. The van der Waals surface area contributed by atoms with E-state index in [-0.39, 0.29) is 6.54 Å². The maximum atomic E-state index is 13.3. The molecule has 0 bridgehead atoms. The summed E-state index contributed by atoms with van der Waals surface area (Å²) >= 11 is 0. The first kappa shape index (κ1) is 18.5. The SMILES string of the molecule is C[C@@]1(c2cccc(-n3cnnn3)c2)NC(=O)N(Cc2nnnn2-c2ccccc2)C1=O. The van der Waals surface area contributed by atoms with Crippen molar-refractivity contribution < 1.29 is 9.59 Å². The largest absolute Gasteiger partial charge is 0.325 e. The highest BCUT2D eigenvalue weighted by atomic mass is 16.2. The molecule has 1 saturated heterocycles. The average molecular weight is 416 g/mol. The maximum Gasteiger partial charge on any atom is 0.325 e. The summed E-state index contributed by atoms with van der Waals surface area (Å²) in [6.07, 6.45) is 1.45. The van der Waals surface area contributed by atoms with Crippen molar-refractivity contribution in [2.45, 2.75) is 19.0 Å². The minimum absolute atomic E-state index is 0.0746. The van der Waals surface area contributed by atoms with Crippen LogP contribution in [0.15, 0.2) is 60.9 Å². The molecule has 2 aromatic heterocycles. The van der Waals surface area contributed by atoms with E-state index >= 15 is 0 Å².